The molecule has 18 heavy (non-hydrogen) atoms. The lowest BCUT2D eigenvalue weighted by Crippen LogP contribution is -2.14. The molecule has 0 saturated heterocycles. The summed E-state index contributed by atoms with van der Waals surface area (Å²) in [4.78, 5) is 16.2. The number of hydrogen-bond donors (Lipinski definition) is 1. The van der Waals surface area contributed by atoms with E-state index >= 15 is 0 Å². The summed E-state index contributed by atoms with van der Waals surface area (Å²) in [6.45, 7) is 1.90. The Hall–Kier alpha value is -1.20. The monoisotopic (exact) mass is 368 g/mol. The molecule has 0 bridgehead atoms. The molecule has 0 radical (unpaired) electrons. The minimum absolute atomic E-state index is 0.161. The van der Waals surface area contributed by atoms with Crippen LogP contribution in [-0.2, 0) is 0 Å². The average molecular weight is 370 g/mol. The Kier molecular flexibility index (Phi) is 4.14. The molecule has 1 amide bonds. The Morgan fingerprint density at radius 2 is 2.00 bits per heavy atom. The second-order valence-electron chi connectivity index (χ2n) is 3.76. The fourth-order valence-corrected chi connectivity index (χ4v) is 2.36. The number of pyridine rings is 1. The molecule has 1 aromatic carbocycles. The van der Waals surface area contributed by atoms with Crippen molar-refractivity contribution in [2.75, 3.05) is 5.32 Å². The lowest BCUT2D eigenvalue weighted by Gasteiger charge is -2.07. The third-order valence-corrected chi connectivity index (χ3v) is 3.32. The molecular formula is C13H10Br2N2O. The van der Waals surface area contributed by atoms with E-state index in [0.717, 1.165) is 10.0 Å². The molecule has 92 valence electrons. The number of hydrogen-bond acceptors (Lipinski definition) is 2. The maximum Gasteiger partial charge on any atom is 0.257 e. The Morgan fingerprint density at radius 3 is 2.67 bits per heavy atom. The number of nitrogens with zero attached hydrogens (tertiary/aromatic N) is 1. The number of carbonyl (C=O) groups is 1. The molecule has 0 aliphatic heterocycles. The zero-order valence-electron chi connectivity index (χ0n) is 9.58. The number of amides is 1. The van der Waals surface area contributed by atoms with Crippen LogP contribution >= 0.6 is 31.9 Å². The van der Waals surface area contributed by atoms with E-state index in [1.165, 1.54) is 0 Å². The molecule has 0 spiro atoms. The molecule has 2 rings (SSSR count). The standard InChI is InChI=1S/C13H10Br2N2O/c1-8-7-9(14)5-6-10(8)13(18)17-12-4-2-3-11(15)16-12/h2-7H,1H3,(H,16,17,18). The van der Waals surface area contributed by atoms with Gasteiger partial charge in [-0.25, -0.2) is 4.98 Å². The zero-order valence-corrected chi connectivity index (χ0v) is 12.7. The van der Waals surface area contributed by atoms with Crippen molar-refractivity contribution in [3.05, 3.63) is 56.6 Å². The summed E-state index contributed by atoms with van der Waals surface area (Å²) < 4.78 is 1.64. The van der Waals surface area contributed by atoms with Crippen molar-refractivity contribution in [1.82, 2.24) is 4.98 Å². The van der Waals surface area contributed by atoms with Crippen molar-refractivity contribution in [1.29, 1.82) is 0 Å². The van der Waals surface area contributed by atoms with Crippen molar-refractivity contribution >= 4 is 43.6 Å². The van der Waals surface area contributed by atoms with E-state index in [2.05, 4.69) is 42.2 Å². The number of aromatic nitrogens is 1. The first-order valence-corrected chi connectivity index (χ1v) is 6.85. The molecule has 2 aromatic rings. The number of carbonyl (C=O) groups excluding carboxylic acids is 1. The molecule has 0 unspecified atom stereocenters. The smallest absolute Gasteiger partial charge is 0.257 e. The van der Waals surface area contributed by atoms with Gasteiger partial charge in [0.15, 0.2) is 0 Å². The number of rotatable bonds is 2. The predicted octanol–water partition coefficient (Wildman–Crippen LogP) is 4.17. The summed E-state index contributed by atoms with van der Waals surface area (Å²) in [5, 5.41) is 2.76. The van der Waals surface area contributed by atoms with Crippen LogP contribution in [0.3, 0.4) is 0 Å². The first kappa shape index (κ1) is 13.2. The van der Waals surface area contributed by atoms with Crippen molar-refractivity contribution in [3.8, 4) is 0 Å². The lowest BCUT2D eigenvalue weighted by molar-refractivity contribution is 0.102. The molecule has 0 saturated carbocycles. The van der Waals surface area contributed by atoms with E-state index in [9.17, 15) is 4.79 Å². The summed E-state index contributed by atoms with van der Waals surface area (Å²) in [6.07, 6.45) is 0. The Bertz CT molecular complexity index is 599. The first-order chi connectivity index (χ1) is 8.56. The van der Waals surface area contributed by atoms with Crippen molar-refractivity contribution < 1.29 is 4.79 Å². The number of benzene rings is 1. The third kappa shape index (κ3) is 3.17. The molecule has 3 nitrogen and oxygen atoms in total. The van der Waals surface area contributed by atoms with Crippen LogP contribution in [0.5, 0.6) is 0 Å². The predicted molar refractivity (Wildman–Crippen MR) is 78.8 cm³/mol. The van der Waals surface area contributed by atoms with E-state index in [1.807, 2.05) is 25.1 Å². The van der Waals surface area contributed by atoms with Gasteiger partial charge in [0, 0.05) is 10.0 Å². The number of aryl methyl sites for hydroxylation is 1. The van der Waals surface area contributed by atoms with E-state index in [4.69, 9.17) is 0 Å². The fraction of sp³-hybridized carbons (Fsp3) is 0.0769. The largest absolute Gasteiger partial charge is 0.307 e. The summed E-state index contributed by atoms with van der Waals surface area (Å²) in [7, 11) is 0. The van der Waals surface area contributed by atoms with E-state index in [1.54, 1.807) is 18.2 Å². The van der Waals surface area contributed by atoms with Gasteiger partial charge in [0.25, 0.3) is 5.91 Å². The van der Waals surface area contributed by atoms with Gasteiger partial charge in [-0.2, -0.15) is 0 Å². The second kappa shape index (κ2) is 5.63. The van der Waals surface area contributed by atoms with Gasteiger partial charge in [0.05, 0.1) is 0 Å². The molecule has 5 heteroatoms. The molecule has 0 atom stereocenters. The highest BCUT2D eigenvalue weighted by Gasteiger charge is 2.10. The quantitative estimate of drug-likeness (QED) is 0.807. The van der Waals surface area contributed by atoms with Crippen LogP contribution < -0.4 is 5.32 Å². The topological polar surface area (TPSA) is 42.0 Å². The van der Waals surface area contributed by atoms with Crippen molar-refractivity contribution in [3.63, 3.8) is 0 Å². The third-order valence-electron chi connectivity index (χ3n) is 2.39. The van der Waals surface area contributed by atoms with Crippen LogP contribution in [0, 0.1) is 6.92 Å². The van der Waals surface area contributed by atoms with Gasteiger partial charge in [-0.05, 0) is 58.7 Å². The molecular weight excluding hydrogens is 360 g/mol. The molecule has 0 aliphatic rings. The van der Waals surface area contributed by atoms with Crippen LogP contribution in [-0.4, -0.2) is 10.9 Å². The minimum atomic E-state index is -0.161. The van der Waals surface area contributed by atoms with Gasteiger partial charge in [0.1, 0.15) is 10.4 Å². The van der Waals surface area contributed by atoms with E-state index in [-0.39, 0.29) is 5.91 Å². The van der Waals surface area contributed by atoms with Crippen LogP contribution in [0.25, 0.3) is 0 Å². The van der Waals surface area contributed by atoms with Gasteiger partial charge in [-0.15, -0.1) is 0 Å². The van der Waals surface area contributed by atoms with E-state index < -0.39 is 0 Å². The van der Waals surface area contributed by atoms with Crippen LogP contribution in [0.4, 0.5) is 5.82 Å². The zero-order chi connectivity index (χ0) is 13.1. The normalized spacial score (nSPS) is 10.2. The van der Waals surface area contributed by atoms with Gasteiger partial charge < -0.3 is 5.32 Å². The highest BCUT2D eigenvalue weighted by molar-refractivity contribution is 9.10. The molecule has 0 aliphatic carbocycles. The highest BCUT2D eigenvalue weighted by atomic mass is 79.9. The van der Waals surface area contributed by atoms with Crippen LogP contribution in [0.15, 0.2) is 45.5 Å². The van der Waals surface area contributed by atoms with Crippen molar-refractivity contribution in [2.24, 2.45) is 0 Å². The molecule has 0 fully saturated rings. The SMILES string of the molecule is Cc1cc(Br)ccc1C(=O)Nc1cccc(Br)n1. The first-order valence-electron chi connectivity index (χ1n) is 5.26. The minimum Gasteiger partial charge on any atom is -0.307 e. The van der Waals surface area contributed by atoms with Gasteiger partial charge >= 0.3 is 0 Å². The fourth-order valence-electron chi connectivity index (χ4n) is 1.54. The highest BCUT2D eigenvalue weighted by Crippen LogP contribution is 2.17. The van der Waals surface area contributed by atoms with Crippen LogP contribution in [0.2, 0.25) is 0 Å². The average Bonchev–Trinajstić information content (AvgIpc) is 2.28. The summed E-state index contributed by atoms with van der Waals surface area (Å²) in [5.74, 6) is 0.363. The molecule has 1 N–H and O–H groups in total. The van der Waals surface area contributed by atoms with Crippen molar-refractivity contribution in [2.45, 2.75) is 6.92 Å². The number of anilines is 1. The number of halogens is 2. The van der Waals surface area contributed by atoms with Gasteiger partial charge in [-0.1, -0.05) is 22.0 Å². The Balaban J connectivity index is 2.22. The Labute approximate surface area is 122 Å². The maximum absolute atomic E-state index is 12.1. The maximum atomic E-state index is 12.1. The van der Waals surface area contributed by atoms with E-state index in [0.29, 0.717) is 16.0 Å². The van der Waals surface area contributed by atoms with Gasteiger partial charge in [-0.3, -0.25) is 4.79 Å². The Morgan fingerprint density at radius 1 is 1.22 bits per heavy atom. The summed E-state index contributed by atoms with van der Waals surface area (Å²) in [5.41, 5.74) is 1.55. The number of nitrogens with one attached hydrogen (secondary N) is 1. The van der Waals surface area contributed by atoms with Crippen LogP contribution in [0.1, 0.15) is 15.9 Å². The summed E-state index contributed by atoms with van der Waals surface area (Å²) in [6, 6.07) is 10.9. The summed E-state index contributed by atoms with van der Waals surface area (Å²) >= 11 is 6.64. The van der Waals surface area contributed by atoms with Gasteiger partial charge in [0.2, 0.25) is 0 Å². The molecule has 1 heterocycles. The molecule has 1 aromatic heterocycles. The lowest BCUT2D eigenvalue weighted by atomic mass is 10.1. The second-order valence-corrected chi connectivity index (χ2v) is 5.49.